The fourth-order valence-corrected chi connectivity index (χ4v) is 1.29. The number of rotatable bonds is 5. The Morgan fingerprint density at radius 1 is 1.40 bits per heavy atom. The molecule has 0 bridgehead atoms. The van der Waals surface area contributed by atoms with E-state index in [9.17, 15) is 4.79 Å². The number of ether oxygens (including phenoxy) is 2. The largest absolute Gasteiger partial charge is 0.467 e. The first-order valence-corrected chi connectivity index (χ1v) is 5.13. The van der Waals surface area contributed by atoms with Gasteiger partial charge in [0.15, 0.2) is 6.10 Å². The average Bonchev–Trinajstić information content (AvgIpc) is 2.30. The maximum atomic E-state index is 11.4. The van der Waals surface area contributed by atoms with Gasteiger partial charge in [0.05, 0.1) is 13.7 Å². The first kappa shape index (κ1) is 12.0. The molecule has 0 aliphatic heterocycles. The van der Waals surface area contributed by atoms with Crippen molar-refractivity contribution in [1.82, 2.24) is 0 Å². The summed E-state index contributed by atoms with van der Waals surface area (Å²) in [4.78, 5) is 11.4. The van der Waals surface area contributed by atoms with E-state index in [1.807, 2.05) is 30.3 Å². The molecule has 4 heteroatoms. The predicted octanol–water partition coefficient (Wildman–Crippen LogP) is 2.16. The van der Waals surface area contributed by atoms with Crippen LogP contribution in [0, 0.1) is 0 Å². The fourth-order valence-electron chi connectivity index (χ4n) is 1.20. The summed E-state index contributed by atoms with van der Waals surface area (Å²) >= 11 is 5.50. The minimum Gasteiger partial charge on any atom is -0.467 e. The van der Waals surface area contributed by atoms with Crippen molar-refractivity contribution < 1.29 is 14.3 Å². The van der Waals surface area contributed by atoms with E-state index in [2.05, 4.69) is 4.74 Å². The lowest BCUT2D eigenvalue weighted by Crippen LogP contribution is -2.18. The minimum absolute atomic E-state index is 0.316. The Morgan fingerprint density at radius 3 is 2.60 bits per heavy atom. The molecule has 0 amide bonds. The van der Waals surface area contributed by atoms with Crippen molar-refractivity contribution in [2.45, 2.75) is 6.10 Å². The molecular weight excluding hydrogens is 216 g/mol. The summed E-state index contributed by atoms with van der Waals surface area (Å²) in [5, 5.41) is 0. The van der Waals surface area contributed by atoms with Crippen molar-refractivity contribution >= 4 is 17.6 Å². The van der Waals surface area contributed by atoms with Gasteiger partial charge in [-0.05, 0) is 5.56 Å². The zero-order chi connectivity index (χ0) is 11.1. The second-order valence-corrected chi connectivity index (χ2v) is 3.25. The Balaban J connectivity index is 2.76. The van der Waals surface area contributed by atoms with E-state index in [0.717, 1.165) is 5.56 Å². The van der Waals surface area contributed by atoms with Crippen molar-refractivity contribution in [3.05, 3.63) is 35.9 Å². The van der Waals surface area contributed by atoms with Crippen molar-refractivity contribution in [3.8, 4) is 0 Å². The zero-order valence-corrected chi connectivity index (χ0v) is 9.24. The molecule has 15 heavy (non-hydrogen) atoms. The van der Waals surface area contributed by atoms with Gasteiger partial charge in [0, 0.05) is 5.88 Å². The molecule has 0 aliphatic carbocycles. The maximum Gasteiger partial charge on any atom is 0.339 e. The quantitative estimate of drug-likeness (QED) is 0.572. The van der Waals surface area contributed by atoms with Crippen LogP contribution < -0.4 is 0 Å². The molecule has 0 N–H and O–H groups in total. The molecule has 0 saturated carbocycles. The monoisotopic (exact) mass is 228 g/mol. The highest BCUT2D eigenvalue weighted by Gasteiger charge is 2.21. The van der Waals surface area contributed by atoms with Gasteiger partial charge in [-0.25, -0.2) is 4.79 Å². The number of benzene rings is 1. The van der Waals surface area contributed by atoms with Gasteiger partial charge in [-0.2, -0.15) is 0 Å². The maximum absolute atomic E-state index is 11.4. The summed E-state index contributed by atoms with van der Waals surface area (Å²) in [5.74, 6) is -0.0633. The SMILES string of the molecule is COC(=O)[C@@H](OCCCl)c1ccccc1. The van der Waals surface area contributed by atoms with E-state index in [1.54, 1.807) is 0 Å². The first-order chi connectivity index (χ1) is 7.29. The standard InChI is InChI=1S/C11H13ClO3/c1-14-11(13)10(15-8-7-12)9-5-3-2-4-6-9/h2-6,10H,7-8H2,1H3/t10-/m0/s1. The van der Waals surface area contributed by atoms with Crippen LogP contribution in [0.2, 0.25) is 0 Å². The van der Waals surface area contributed by atoms with Gasteiger partial charge >= 0.3 is 5.97 Å². The number of esters is 1. The molecule has 1 rings (SSSR count). The molecular formula is C11H13ClO3. The van der Waals surface area contributed by atoms with E-state index in [0.29, 0.717) is 12.5 Å². The van der Waals surface area contributed by atoms with Gasteiger partial charge in [-0.1, -0.05) is 30.3 Å². The molecule has 0 unspecified atom stereocenters. The van der Waals surface area contributed by atoms with Gasteiger partial charge in [0.25, 0.3) is 0 Å². The van der Waals surface area contributed by atoms with Crippen molar-refractivity contribution in [2.75, 3.05) is 19.6 Å². The number of hydrogen-bond acceptors (Lipinski definition) is 3. The fraction of sp³-hybridized carbons (Fsp3) is 0.364. The third kappa shape index (κ3) is 3.53. The van der Waals surface area contributed by atoms with E-state index in [1.165, 1.54) is 7.11 Å². The van der Waals surface area contributed by atoms with Crippen LogP contribution in [0.25, 0.3) is 0 Å². The van der Waals surface area contributed by atoms with E-state index >= 15 is 0 Å². The summed E-state index contributed by atoms with van der Waals surface area (Å²) in [5.41, 5.74) is 0.773. The summed E-state index contributed by atoms with van der Waals surface area (Å²) in [6.07, 6.45) is -0.685. The summed E-state index contributed by atoms with van der Waals surface area (Å²) in [6, 6.07) is 9.19. The Morgan fingerprint density at radius 2 is 2.07 bits per heavy atom. The number of alkyl halides is 1. The normalized spacial score (nSPS) is 12.1. The number of carbonyl (C=O) groups excluding carboxylic acids is 1. The van der Waals surface area contributed by atoms with Crippen molar-refractivity contribution in [2.24, 2.45) is 0 Å². The smallest absolute Gasteiger partial charge is 0.339 e. The number of methoxy groups -OCH3 is 1. The molecule has 1 aromatic rings. The number of hydrogen-bond donors (Lipinski definition) is 0. The van der Waals surface area contributed by atoms with Crippen LogP contribution in [0.5, 0.6) is 0 Å². The zero-order valence-electron chi connectivity index (χ0n) is 8.48. The number of halogens is 1. The highest BCUT2D eigenvalue weighted by atomic mass is 35.5. The summed E-state index contributed by atoms with van der Waals surface area (Å²) < 4.78 is 9.98. The van der Waals surface area contributed by atoms with Crippen molar-refractivity contribution in [1.29, 1.82) is 0 Å². The Kier molecular flexibility index (Phi) is 5.15. The molecule has 1 aromatic carbocycles. The molecule has 0 aliphatic rings. The third-order valence-corrected chi connectivity index (χ3v) is 2.03. The molecule has 0 fully saturated rings. The second kappa shape index (κ2) is 6.43. The minimum atomic E-state index is -0.685. The molecule has 0 aromatic heterocycles. The highest BCUT2D eigenvalue weighted by Crippen LogP contribution is 2.18. The predicted molar refractivity (Wildman–Crippen MR) is 57.9 cm³/mol. The van der Waals surface area contributed by atoms with Crippen LogP contribution in [-0.2, 0) is 14.3 Å². The summed E-state index contributed by atoms with van der Waals surface area (Å²) in [7, 11) is 1.34. The molecule has 1 atom stereocenters. The van der Waals surface area contributed by atoms with Crippen LogP contribution >= 0.6 is 11.6 Å². The second-order valence-electron chi connectivity index (χ2n) is 2.87. The van der Waals surface area contributed by atoms with Gasteiger partial charge in [-0.15, -0.1) is 11.6 Å². The Labute approximate surface area is 93.9 Å². The average molecular weight is 229 g/mol. The van der Waals surface area contributed by atoms with Gasteiger partial charge in [0.2, 0.25) is 0 Å². The molecule has 0 radical (unpaired) electrons. The molecule has 82 valence electrons. The van der Waals surface area contributed by atoms with Gasteiger partial charge < -0.3 is 9.47 Å². The van der Waals surface area contributed by atoms with Gasteiger partial charge in [-0.3, -0.25) is 0 Å². The lowest BCUT2D eigenvalue weighted by atomic mass is 10.1. The van der Waals surface area contributed by atoms with Crippen LogP contribution in [0.3, 0.4) is 0 Å². The highest BCUT2D eigenvalue weighted by molar-refractivity contribution is 6.17. The Hall–Kier alpha value is -1.06. The molecule has 0 heterocycles. The topological polar surface area (TPSA) is 35.5 Å². The van der Waals surface area contributed by atoms with Crippen LogP contribution in [0.15, 0.2) is 30.3 Å². The Bertz CT molecular complexity index is 300. The van der Waals surface area contributed by atoms with Crippen LogP contribution in [-0.4, -0.2) is 25.6 Å². The summed E-state index contributed by atoms with van der Waals surface area (Å²) in [6.45, 7) is 0.316. The lowest BCUT2D eigenvalue weighted by Gasteiger charge is -2.14. The molecule has 0 spiro atoms. The molecule has 3 nitrogen and oxygen atoms in total. The molecule has 0 saturated heterocycles. The van der Waals surface area contributed by atoms with Gasteiger partial charge in [0.1, 0.15) is 0 Å². The van der Waals surface area contributed by atoms with Crippen LogP contribution in [0.4, 0.5) is 0 Å². The van der Waals surface area contributed by atoms with E-state index in [4.69, 9.17) is 16.3 Å². The number of carbonyl (C=O) groups is 1. The van der Waals surface area contributed by atoms with E-state index in [-0.39, 0.29) is 0 Å². The van der Waals surface area contributed by atoms with Crippen LogP contribution in [0.1, 0.15) is 11.7 Å². The first-order valence-electron chi connectivity index (χ1n) is 4.60. The lowest BCUT2D eigenvalue weighted by molar-refractivity contribution is -0.154. The van der Waals surface area contributed by atoms with E-state index < -0.39 is 12.1 Å². The van der Waals surface area contributed by atoms with Crippen molar-refractivity contribution in [3.63, 3.8) is 0 Å². The third-order valence-electron chi connectivity index (χ3n) is 1.88.